The molecular formula is C19H26FN3O2. The fourth-order valence-electron chi connectivity index (χ4n) is 3.40. The van der Waals surface area contributed by atoms with Crippen molar-refractivity contribution in [3.63, 3.8) is 0 Å². The molecule has 5 nitrogen and oxygen atoms in total. The lowest BCUT2D eigenvalue weighted by Crippen LogP contribution is -2.28. The third-order valence-corrected chi connectivity index (χ3v) is 4.92. The van der Waals surface area contributed by atoms with Crippen LogP contribution in [0.3, 0.4) is 0 Å². The number of hydrogen-bond donors (Lipinski definition) is 1. The Labute approximate surface area is 148 Å². The molecule has 2 heterocycles. The summed E-state index contributed by atoms with van der Waals surface area (Å²) in [6.45, 7) is 6.44. The van der Waals surface area contributed by atoms with Crippen molar-refractivity contribution in [3.8, 4) is 5.75 Å². The van der Waals surface area contributed by atoms with E-state index in [9.17, 15) is 4.39 Å². The first-order valence-electron chi connectivity index (χ1n) is 8.83. The highest BCUT2D eigenvalue weighted by Gasteiger charge is 2.32. The van der Waals surface area contributed by atoms with Crippen molar-refractivity contribution in [1.82, 2.24) is 14.9 Å². The SMILES string of the molecule is CCn1ccnc1[C@@H]1OCC[C@H]1CNC(C)c1ccc(OC)cc1F. The normalized spacial score (nSPS) is 21.4. The Kier molecular flexibility index (Phi) is 5.71. The number of halogens is 1. The molecule has 0 spiro atoms. The van der Waals surface area contributed by atoms with Crippen molar-refractivity contribution in [2.45, 2.75) is 39.0 Å². The zero-order valence-corrected chi connectivity index (χ0v) is 15.0. The van der Waals surface area contributed by atoms with Crippen LogP contribution in [0.15, 0.2) is 30.6 Å². The molecule has 25 heavy (non-hydrogen) atoms. The van der Waals surface area contributed by atoms with Gasteiger partial charge in [0.15, 0.2) is 0 Å². The lowest BCUT2D eigenvalue weighted by Gasteiger charge is -2.22. The Balaban J connectivity index is 1.64. The molecule has 1 unspecified atom stereocenters. The highest BCUT2D eigenvalue weighted by Crippen LogP contribution is 2.34. The Hall–Kier alpha value is -1.92. The van der Waals surface area contributed by atoms with E-state index in [0.29, 0.717) is 17.2 Å². The molecular weight excluding hydrogens is 321 g/mol. The number of hydrogen-bond acceptors (Lipinski definition) is 4. The zero-order valence-electron chi connectivity index (χ0n) is 15.0. The van der Waals surface area contributed by atoms with Crippen LogP contribution in [0.4, 0.5) is 4.39 Å². The second-order valence-electron chi connectivity index (χ2n) is 6.43. The molecule has 1 aromatic carbocycles. The lowest BCUT2D eigenvalue weighted by molar-refractivity contribution is 0.0799. The number of nitrogens with one attached hydrogen (secondary N) is 1. The average molecular weight is 347 g/mol. The van der Waals surface area contributed by atoms with Gasteiger partial charge in [0.25, 0.3) is 0 Å². The molecule has 3 atom stereocenters. The Morgan fingerprint density at radius 2 is 2.32 bits per heavy atom. The highest BCUT2D eigenvalue weighted by molar-refractivity contribution is 5.30. The first-order valence-corrected chi connectivity index (χ1v) is 8.83. The number of rotatable bonds is 7. The maximum absolute atomic E-state index is 14.2. The van der Waals surface area contributed by atoms with Crippen LogP contribution in [0.1, 0.15) is 43.8 Å². The van der Waals surface area contributed by atoms with Gasteiger partial charge in [0.2, 0.25) is 0 Å². The minimum absolute atomic E-state index is 0.00429. The average Bonchev–Trinajstić information content (AvgIpc) is 3.27. The van der Waals surface area contributed by atoms with Crippen LogP contribution in [0.5, 0.6) is 5.75 Å². The minimum atomic E-state index is -0.250. The van der Waals surface area contributed by atoms with Crippen molar-refractivity contribution in [2.75, 3.05) is 20.3 Å². The summed E-state index contributed by atoms with van der Waals surface area (Å²) in [5.74, 6) is 1.59. The maximum atomic E-state index is 14.2. The van der Waals surface area contributed by atoms with Gasteiger partial charge in [-0.3, -0.25) is 0 Å². The van der Waals surface area contributed by atoms with Gasteiger partial charge in [-0.2, -0.15) is 0 Å². The van der Waals surface area contributed by atoms with E-state index in [2.05, 4.69) is 21.8 Å². The Morgan fingerprint density at radius 1 is 1.48 bits per heavy atom. The van der Waals surface area contributed by atoms with Gasteiger partial charge < -0.3 is 19.4 Å². The first-order chi connectivity index (χ1) is 12.1. The van der Waals surface area contributed by atoms with Crippen LogP contribution in [0.2, 0.25) is 0 Å². The summed E-state index contributed by atoms with van der Waals surface area (Å²) in [7, 11) is 1.54. The van der Waals surface area contributed by atoms with Crippen LogP contribution in [0.25, 0.3) is 0 Å². The number of imidazole rings is 1. The van der Waals surface area contributed by atoms with E-state index >= 15 is 0 Å². The molecule has 1 aliphatic heterocycles. The third kappa shape index (κ3) is 3.85. The van der Waals surface area contributed by atoms with Crippen molar-refractivity contribution < 1.29 is 13.9 Å². The Morgan fingerprint density at radius 3 is 3.04 bits per heavy atom. The lowest BCUT2D eigenvalue weighted by atomic mass is 9.99. The van der Waals surface area contributed by atoms with E-state index in [4.69, 9.17) is 9.47 Å². The maximum Gasteiger partial charge on any atom is 0.138 e. The van der Waals surface area contributed by atoms with Crippen LogP contribution in [0, 0.1) is 11.7 Å². The third-order valence-electron chi connectivity index (χ3n) is 4.92. The van der Waals surface area contributed by atoms with E-state index in [1.165, 1.54) is 13.2 Å². The predicted molar refractivity (Wildman–Crippen MR) is 94.1 cm³/mol. The van der Waals surface area contributed by atoms with Crippen molar-refractivity contribution in [2.24, 2.45) is 5.92 Å². The van der Waals surface area contributed by atoms with Gasteiger partial charge in [0.05, 0.1) is 7.11 Å². The second kappa shape index (κ2) is 7.97. The summed E-state index contributed by atoms with van der Waals surface area (Å²) in [5, 5.41) is 3.45. The summed E-state index contributed by atoms with van der Waals surface area (Å²) in [6, 6.07) is 4.90. The quantitative estimate of drug-likeness (QED) is 0.833. The fraction of sp³-hybridized carbons (Fsp3) is 0.526. The predicted octanol–water partition coefficient (Wildman–Crippen LogP) is 3.48. The van der Waals surface area contributed by atoms with E-state index in [-0.39, 0.29) is 18.0 Å². The molecule has 0 aliphatic carbocycles. The molecule has 1 aliphatic rings. The molecule has 0 bridgehead atoms. The number of methoxy groups -OCH3 is 1. The summed E-state index contributed by atoms with van der Waals surface area (Å²) in [6.07, 6.45) is 4.78. The minimum Gasteiger partial charge on any atom is -0.497 e. The van der Waals surface area contributed by atoms with Crippen molar-refractivity contribution in [1.29, 1.82) is 0 Å². The number of nitrogens with zero attached hydrogens (tertiary/aromatic N) is 2. The number of benzene rings is 1. The van der Waals surface area contributed by atoms with Crippen LogP contribution < -0.4 is 10.1 Å². The molecule has 0 amide bonds. The zero-order chi connectivity index (χ0) is 17.8. The molecule has 1 aromatic heterocycles. The standard InChI is InChI=1S/C19H26FN3O2/c1-4-23-9-8-21-19(23)18-14(7-10-25-18)12-22-13(2)16-6-5-15(24-3)11-17(16)20/h5-6,8-9,11,13-14,18,22H,4,7,10,12H2,1-3H3/t13?,14-,18+/m0/s1. The van der Waals surface area contributed by atoms with Crippen LogP contribution in [-0.4, -0.2) is 29.8 Å². The highest BCUT2D eigenvalue weighted by atomic mass is 19.1. The summed E-state index contributed by atoms with van der Waals surface area (Å²) < 4.78 is 27.3. The molecule has 6 heteroatoms. The first kappa shape index (κ1) is 17.9. The molecule has 0 saturated carbocycles. The topological polar surface area (TPSA) is 48.3 Å². The second-order valence-corrected chi connectivity index (χ2v) is 6.43. The van der Waals surface area contributed by atoms with Gasteiger partial charge in [-0.25, -0.2) is 9.37 Å². The van der Waals surface area contributed by atoms with Gasteiger partial charge >= 0.3 is 0 Å². The van der Waals surface area contributed by atoms with Crippen LogP contribution in [-0.2, 0) is 11.3 Å². The van der Waals surface area contributed by atoms with E-state index < -0.39 is 0 Å². The van der Waals surface area contributed by atoms with Crippen LogP contribution >= 0.6 is 0 Å². The number of ether oxygens (including phenoxy) is 2. The molecule has 136 valence electrons. The van der Waals surface area contributed by atoms with Crippen molar-refractivity contribution in [3.05, 3.63) is 47.8 Å². The van der Waals surface area contributed by atoms with Gasteiger partial charge in [0.1, 0.15) is 23.5 Å². The largest absolute Gasteiger partial charge is 0.497 e. The molecule has 0 radical (unpaired) electrons. The molecule has 1 N–H and O–H groups in total. The fourth-order valence-corrected chi connectivity index (χ4v) is 3.40. The molecule has 2 aromatic rings. The van der Waals surface area contributed by atoms with E-state index in [1.54, 1.807) is 12.1 Å². The van der Waals surface area contributed by atoms with Gasteiger partial charge in [0, 0.05) is 55.7 Å². The van der Waals surface area contributed by atoms with Crippen molar-refractivity contribution >= 4 is 0 Å². The smallest absolute Gasteiger partial charge is 0.138 e. The summed E-state index contributed by atoms with van der Waals surface area (Å²) in [5.41, 5.74) is 0.645. The van der Waals surface area contributed by atoms with Gasteiger partial charge in [-0.15, -0.1) is 0 Å². The van der Waals surface area contributed by atoms with Gasteiger partial charge in [-0.05, 0) is 26.3 Å². The van der Waals surface area contributed by atoms with E-state index in [0.717, 1.165) is 31.9 Å². The molecule has 3 rings (SSSR count). The molecule has 1 saturated heterocycles. The number of aromatic nitrogens is 2. The van der Waals surface area contributed by atoms with E-state index in [1.807, 2.05) is 19.3 Å². The molecule has 1 fully saturated rings. The van der Waals surface area contributed by atoms with Gasteiger partial charge in [-0.1, -0.05) is 6.07 Å². The summed E-state index contributed by atoms with van der Waals surface area (Å²) >= 11 is 0. The summed E-state index contributed by atoms with van der Waals surface area (Å²) in [4.78, 5) is 4.47. The monoisotopic (exact) mass is 347 g/mol. The number of aryl methyl sites for hydroxylation is 1. The Bertz CT molecular complexity index is 704.